The molecule has 0 aromatic carbocycles. The molecule has 0 amide bonds. The maximum atomic E-state index is 11.2. The predicted octanol–water partition coefficient (Wildman–Crippen LogP) is 2.13. The number of likely N-dealkylation sites (tertiary alicyclic amines) is 1. The Morgan fingerprint density at radius 2 is 1.56 bits per heavy atom. The number of hydrogen-bond donors (Lipinski definition) is 2. The smallest absolute Gasteiger partial charge is 0.0740 e. The molecular weight excluding hydrogens is 224 g/mol. The lowest BCUT2D eigenvalue weighted by Crippen LogP contribution is -2.57. The summed E-state index contributed by atoms with van der Waals surface area (Å²) in [7, 11) is 0. The van der Waals surface area contributed by atoms with Crippen molar-refractivity contribution in [3.63, 3.8) is 0 Å². The summed E-state index contributed by atoms with van der Waals surface area (Å²) >= 11 is 0. The van der Waals surface area contributed by atoms with E-state index in [1.54, 1.807) is 0 Å². The molecule has 0 aromatic rings. The molecular formula is C15H30N2O. The van der Waals surface area contributed by atoms with Gasteiger partial charge >= 0.3 is 0 Å². The molecule has 106 valence electrons. The highest BCUT2D eigenvalue weighted by Gasteiger charge is 2.49. The molecule has 3 N–H and O–H groups in total. The van der Waals surface area contributed by atoms with Gasteiger partial charge in [0.15, 0.2) is 0 Å². The molecule has 0 bridgehead atoms. The fourth-order valence-electron chi connectivity index (χ4n) is 4.03. The van der Waals surface area contributed by atoms with Gasteiger partial charge in [-0.2, -0.15) is 0 Å². The number of aliphatic hydroxyl groups is 1. The Hall–Kier alpha value is -0.120. The number of piperidine rings is 1. The quantitative estimate of drug-likeness (QED) is 0.759. The van der Waals surface area contributed by atoms with Gasteiger partial charge in [0.2, 0.25) is 0 Å². The van der Waals surface area contributed by atoms with Gasteiger partial charge in [0.1, 0.15) is 0 Å². The second-order valence-electron chi connectivity index (χ2n) is 6.36. The predicted molar refractivity (Wildman–Crippen MR) is 75.5 cm³/mol. The fourth-order valence-corrected chi connectivity index (χ4v) is 4.03. The van der Waals surface area contributed by atoms with Crippen LogP contribution in [0.3, 0.4) is 0 Å². The van der Waals surface area contributed by atoms with Gasteiger partial charge in [0.25, 0.3) is 0 Å². The first-order valence-corrected chi connectivity index (χ1v) is 7.81. The van der Waals surface area contributed by atoms with E-state index < -0.39 is 5.60 Å². The van der Waals surface area contributed by atoms with Crippen LogP contribution in [0.1, 0.15) is 58.3 Å². The maximum Gasteiger partial charge on any atom is 0.0740 e. The largest absolute Gasteiger partial charge is 0.389 e. The van der Waals surface area contributed by atoms with Crippen LogP contribution in [0.5, 0.6) is 0 Å². The summed E-state index contributed by atoms with van der Waals surface area (Å²) in [6.45, 7) is 6.04. The van der Waals surface area contributed by atoms with Gasteiger partial charge in [0.05, 0.1) is 5.60 Å². The van der Waals surface area contributed by atoms with Gasteiger partial charge in [-0.3, -0.25) is 0 Å². The lowest BCUT2D eigenvalue weighted by atomic mass is 9.63. The van der Waals surface area contributed by atoms with Gasteiger partial charge in [-0.1, -0.05) is 32.6 Å². The molecule has 2 aliphatic rings. The van der Waals surface area contributed by atoms with Gasteiger partial charge in [-0.15, -0.1) is 0 Å². The van der Waals surface area contributed by atoms with Gasteiger partial charge in [0, 0.05) is 25.0 Å². The number of hydrogen-bond acceptors (Lipinski definition) is 3. The molecule has 1 saturated heterocycles. The molecule has 0 aromatic heterocycles. The topological polar surface area (TPSA) is 49.5 Å². The van der Waals surface area contributed by atoms with Crippen molar-refractivity contribution in [2.45, 2.75) is 63.9 Å². The molecule has 2 fully saturated rings. The Kier molecular flexibility index (Phi) is 4.68. The normalized spacial score (nSPS) is 28.8. The first-order valence-electron chi connectivity index (χ1n) is 7.81. The monoisotopic (exact) mass is 254 g/mol. The zero-order chi connectivity index (χ0) is 13.1. The highest BCUT2D eigenvalue weighted by molar-refractivity contribution is 5.02. The second-order valence-corrected chi connectivity index (χ2v) is 6.36. The average molecular weight is 254 g/mol. The Bertz CT molecular complexity index is 251. The van der Waals surface area contributed by atoms with E-state index in [0.29, 0.717) is 6.54 Å². The van der Waals surface area contributed by atoms with Crippen molar-refractivity contribution in [1.29, 1.82) is 0 Å². The Labute approximate surface area is 112 Å². The number of rotatable bonds is 3. The first kappa shape index (κ1) is 14.3. The Morgan fingerprint density at radius 3 is 2.00 bits per heavy atom. The van der Waals surface area contributed by atoms with Crippen LogP contribution in [0, 0.1) is 5.41 Å². The molecule has 2 rings (SSSR count). The van der Waals surface area contributed by atoms with Crippen molar-refractivity contribution < 1.29 is 5.11 Å². The minimum atomic E-state index is -0.502. The van der Waals surface area contributed by atoms with Gasteiger partial charge in [-0.05, 0) is 32.2 Å². The summed E-state index contributed by atoms with van der Waals surface area (Å²) in [5.74, 6) is 0. The maximum absolute atomic E-state index is 11.2. The summed E-state index contributed by atoms with van der Waals surface area (Å²) in [6.07, 6.45) is 9.22. The standard InChI is InChI=1S/C15H30N2O/c1-2-17-11-9-15(18,10-12-17)14(13-16)7-5-3-4-6-8-14/h18H,2-13,16H2,1H3. The summed E-state index contributed by atoms with van der Waals surface area (Å²) in [5, 5.41) is 11.2. The third-order valence-corrected chi connectivity index (χ3v) is 5.57. The molecule has 1 aliphatic heterocycles. The second kappa shape index (κ2) is 5.89. The zero-order valence-electron chi connectivity index (χ0n) is 12.0. The Balaban J connectivity index is 2.10. The summed E-state index contributed by atoms with van der Waals surface area (Å²) < 4.78 is 0. The van der Waals surface area contributed by atoms with Crippen molar-refractivity contribution in [1.82, 2.24) is 4.90 Å². The summed E-state index contributed by atoms with van der Waals surface area (Å²) in [4.78, 5) is 2.44. The fraction of sp³-hybridized carbons (Fsp3) is 1.00. The molecule has 1 aliphatic carbocycles. The minimum absolute atomic E-state index is 0.00330. The molecule has 18 heavy (non-hydrogen) atoms. The summed E-state index contributed by atoms with van der Waals surface area (Å²) in [6, 6.07) is 0. The van der Waals surface area contributed by atoms with E-state index in [1.807, 2.05) is 0 Å². The van der Waals surface area contributed by atoms with Crippen molar-refractivity contribution in [2.24, 2.45) is 11.1 Å². The Morgan fingerprint density at radius 1 is 1.00 bits per heavy atom. The molecule has 1 heterocycles. The molecule has 0 radical (unpaired) electrons. The third-order valence-electron chi connectivity index (χ3n) is 5.57. The lowest BCUT2D eigenvalue weighted by Gasteiger charge is -2.51. The van der Waals surface area contributed by atoms with Crippen LogP contribution in [0.15, 0.2) is 0 Å². The molecule has 3 heteroatoms. The average Bonchev–Trinajstić information content (AvgIpc) is 2.66. The molecule has 3 nitrogen and oxygen atoms in total. The van der Waals surface area contributed by atoms with E-state index in [-0.39, 0.29) is 5.41 Å². The van der Waals surface area contributed by atoms with Crippen LogP contribution >= 0.6 is 0 Å². The highest BCUT2D eigenvalue weighted by atomic mass is 16.3. The third kappa shape index (κ3) is 2.59. The molecule has 0 atom stereocenters. The van der Waals surface area contributed by atoms with Crippen molar-refractivity contribution in [3.8, 4) is 0 Å². The van der Waals surface area contributed by atoms with E-state index in [4.69, 9.17) is 5.73 Å². The molecule has 0 spiro atoms. The van der Waals surface area contributed by atoms with Gasteiger partial charge in [-0.25, -0.2) is 0 Å². The number of nitrogens with zero attached hydrogens (tertiary/aromatic N) is 1. The van der Waals surface area contributed by atoms with Crippen LogP contribution in [0.25, 0.3) is 0 Å². The van der Waals surface area contributed by atoms with Gasteiger partial charge < -0.3 is 15.7 Å². The van der Waals surface area contributed by atoms with E-state index in [9.17, 15) is 5.11 Å². The highest BCUT2D eigenvalue weighted by Crippen LogP contribution is 2.47. The van der Waals surface area contributed by atoms with Crippen LogP contribution < -0.4 is 5.73 Å². The first-order chi connectivity index (χ1) is 8.66. The summed E-state index contributed by atoms with van der Waals surface area (Å²) in [5.41, 5.74) is 5.62. The van der Waals surface area contributed by atoms with E-state index in [0.717, 1.165) is 45.3 Å². The SMILES string of the molecule is CCN1CCC(O)(C2(CN)CCCCCC2)CC1. The van der Waals surface area contributed by atoms with E-state index in [2.05, 4.69) is 11.8 Å². The zero-order valence-corrected chi connectivity index (χ0v) is 12.0. The number of nitrogens with two attached hydrogens (primary N) is 1. The van der Waals surface area contributed by atoms with Crippen LogP contribution in [-0.4, -0.2) is 41.8 Å². The van der Waals surface area contributed by atoms with Crippen LogP contribution in [0.4, 0.5) is 0 Å². The molecule has 1 saturated carbocycles. The van der Waals surface area contributed by atoms with E-state index >= 15 is 0 Å². The van der Waals surface area contributed by atoms with Crippen LogP contribution in [0.2, 0.25) is 0 Å². The van der Waals surface area contributed by atoms with Crippen LogP contribution in [-0.2, 0) is 0 Å². The lowest BCUT2D eigenvalue weighted by molar-refractivity contribution is -0.124. The van der Waals surface area contributed by atoms with Crippen molar-refractivity contribution in [3.05, 3.63) is 0 Å². The minimum Gasteiger partial charge on any atom is -0.389 e. The van der Waals surface area contributed by atoms with Crippen molar-refractivity contribution >= 4 is 0 Å². The molecule has 0 unspecified atom stereocenters. The van der Waals surface area contributed by atoms with Crippen molar-refractivity contribution in [2.75, 3.05) is 26.2 Å². The van der Waals surface area contributed by atoms with E-state index in [1.165, 1.54) is 25.7 Å².